The fraction of sp³-hybridized carbons (Fsp3) is 0.667. The average Bonchev–Trinajstić information content (AvgIpc) is 2.47. The molecule has 20 heavy (non-hydrogen) atoms. The van der Waals surface area contributed by atoms with Gasteiger partial charge in [-0.3, -0.25) is 9.88 Å². The largest absolute Gasteiger partial charge is 0.493 e. The molecule has 0 radical (unpaired) electrons. The number of hydrogen-bond acceptors (Lipinski definition) is 4. The Morgan fingerprint density at radius 1 is 1.40 bits per heavy atom. The molecule has 0 saturated carbocycles. The summed E-state index contributed by atoms with van der Waals surface area (Å²) in [6.45, 7) is 3.01. The summed E-state index contributed by atoms with van der Waals surface area (Å²) in [4.78, 5) is 6.89. The smallest absolute Gasteiger partial charge is 0.183 e. The maximum atomic E-state index is 5.86. The fourth-order valence-electron chi connectivity index (χ4n) is 2.86. The number of aromatic nitrogens is 1. The van der Waals surface area contributed by atoms with Crippen LogP contribution in [-0.4, -0.2) is 43.1 Å². The molecule has 2 heterocycles. The molecule has 1 saturated heterocycles. The van der Waals surface area contributed by atoms with Gasteiger partial charge in [0.25, 0.3) is 0 Å². The van der Waals surface area contributed by atoms with Gasteiger partial charge < -0.3 is 9.47 Å². The molecule has 1 aliphatic rings. The predicted octanol–water partition coefficient (Wildman–Crippen LogP) is 2.94. The zero-order valence-corrected chi connectivity index (χ0v) is 13.0. The van der Waals surface area contributed by atoms with Crippen LogP contribution in [0, 0.1) is 5.92 Å². The first-order valence-electron chi connectivity index (χ1n) is 7.12. The van der Waals surface area contributed by atoms with Gasteiger partial charge in [-0.05, 0) is 31.7 Å². The summed E-state index contributed by atoms with van der Waals surface area (Å²) < 4.78 is 10.8. The lowest BCUT2D eigenvalue weighted by molar-refractivity contribution is 0.161. The Labute approximate surface area is 126 Å². The molecule has 1 aromatic heterocycles. The molecule has 1 fully saturated rings. The maximum absolute atomic E-state index is 5.86. The van der Waals surface area contributed by atoms with E-state index in [4.69, 9.17) is 21.1 Å². The highest BCUT2D eigenvalue weighted by atomic mass is 35.5. The molecule has 1 aliphatic heterocycles. The molecule has 112 valence electrons. The average molecular weight is 299 g/mol. The van der Waals surface area contributed by atoms with Gasteiger partial charge >= 0.3 is 0 Å². The first-order chi connectivity index (χ1) is 9.78. The maximum Gasteiger partial charge on any atom is 0.183 e. The lowest BCUT2D eigenvalue weighted by Gasteiger charge is -2.32. The van der Waals surface area contributed by atoms with Crippen LogP contribution < -0.4 is 9.47 Å². The Hall–Kier alpha value is -1.00. The van der Waals surface area contributed by atoms with Crippen LogP contribution in [0.4, 0.5) is 0 Å². The standard InChI is InChI=1S/C15H23ClN2O2/c1-19-14-6-8-17-13(15(14)20-2)11-18-9-3-4-12(10-18)5-7-16/h6,8,12H,3-5,7,9-11H2,1-2H3. The molecule has 5 heteroatoms. The van der Waals surface area contributed by atoms with Gasteiger partial charge in [0.15, 0.2) is 11.5 Å². The van der Waals surface area contributed by atoms with Crippen molar-refractivity contribution in [3.8, 4) is 11.5 Å². The molecular formula is C15H23ClN2O2. The van der Waals surface area contributed by atoms with Gasteiger partial charge in [-0.1, -0.05) is 0 Å². The van der Waals surface area contributed by atoms with Crippen LogP contribution in [0.15, 0.2) is 12.3 Å². The van der Waals surface area contributed by atoms with E-state index >= 15 is 0 Å². The first-order valence-corrected chi connectivity index (χ1v) is 7.66. The summed E-state index contributed by atoms with van der Waals surface area (Å²) >= 11 is 5.86. The van der Waals surface area contributed by atoms with Gasteiger partial charge in [-0.25, -0.2) is 0 Å². The van der Waals surface area contributed by atoms with Crippen LogP contribution >= 0.6 is 11.6 Å². The summed E-state index contributed by atoms with van der Waals surface area (Å²) in [7, 11) is 3.31. The summed E-state index contributed by atoms with van der Waals surface area (Å²) in [6.07, 6.45) is 5.39. The third-order valence-corrected chi connectivity index (χ3v) is 4.08. The second kappa shape index (κ2) is 7.70. The van der Waals surface area contributed by atoms with Crippen LogP contribution in [0.2, 0.25) is 0 Å². The monoisotopic (exact) mass is 298 g/mol. The zero-order chi connectivity index (χ0) is 14.4. The fourth-order valence-corrected chi connectivity index (χ4v) is 3.17. The van der Waals surface area contributed by atoms with Crippen LogP contribution in [0.5, 0.6) is 11.5 Å². The molecule has 0 amide bonds. The van der Waals surface area contributed by atoms with E-state index in [0.29, 0.717) is 5.92 Å². The van der Waals surface area contributed by atoms with Crippen LogP contribution in [0.25, 0.3) is 0 Å². The highest BCUT2D eigenvalue weighted by Crippen LogP contribution is 2.31. The quantitative estimate of drug-likeness (QED) is 0.756. The Kier molecular flexibility index (Phi) is 5.92. The van der Waals surface area contributed by atoms with Crippen molar-refractivity contribution in [2.75, 3.05) is 33.2 Å². The van der Waals surface area contributed by atoms with Gasteiger partial charge in [-0.2, -0.15) is 0 Å². The molecule has 2 rings (SSSR count). The zero-order valence-electron chi connectivity index (χ0n) is 12.3. The molecule has 1 aromatic rings. The Balaban J connectivity index is 2.05. The minimum Gasteiger partial charge on any atom is -0.493 e. The van der Waals surface area contributed by atoms with Crippen molar-refractivity contribution in [3.63, 3.8) is 0 Å². The molecule has 1 atom stereocenters. The van der Waals surface area contributed by atoms with Crippen molar-refractivity contribution in [2.45, 2.75) is 25.8 Å². The SMILES string of the molecule is COc1ccnc(CN2CCCC(CCCl)C2)c1OC. The van der Waals surface area contributed by atoms with Crippen molar-refractivity contribution in [1.82, 2.24) is 9.88 Å². The van der Waals surface area contributed by atoms with Crippen molar-refractivity contribution < 1.29 is 9.47 Å². The third-order valence-electron chi connectivity index (χ3n) is 3.86. The van der Waals surface area contributed by atoms with Gasteiger partial charge in [0, 0.05) is 31.2 Å². The van der Waals surface area contributed by atoms with E-state index in [2.05, 4.69) is 9.88 Å². The molecule has 0 N–H and O–H groups in total. The van der Waals surface area contributed by atoms with E-state index in [-0.39, 0.29) is 0 Å². The summed E-state index contributed by atoms with van der Waals surface area (Å²) in [5.74, 6) is 2.94. The highest BCUT2D eigenvalue weighted by Gasteiger charge is 2.21. The Bertz CT molecular complexity index is 426. The predicted molar refractivity (Wildman–Crippen MR) is 80.7 cm³/mol. The minimum atomic E-state index is 0.706. The van der Waals surface area contributed by atoms with Crippen molar-refractivity contribution in [1.29, 1.82) is 0 Å². The topological polar surface area (TPSA) is 34.6 Å². The number of alkyl halides is 1. The van der Waals surface area contributed by atoms with Gasteiger partial charge in [-0.15, -0.1) is 11.6 Å². The number of piperidine rings is 1. The van der Waals surface area contributed by atoms with Gasteiger partial charge in [0.05, 0.1) is 14.2 Å². The molecular weight excluding hydrogens is 276 g/mol. The van der Waals surface area contributed by atoms with E-state index in [1.165, 1.54) is 12.8 Å². The highest BCUT2D eigenvalue weighted by molar-refractivity contribution is 6.17. The molecule has 4 nitrogen and oxygen atoms in total. The number of rotatable bonds is 6. The summed E-state index contributed by atoms with van der Waals surface area (Å²) in [5.41, 5.74) is 0.943. The number of likely N-dealkylation sites (tertiary alicyclic amines) is 1. The molecule has 0 aromatic carbocycles. The van der Waals surface area contributed by atoms with E-state index < -0.39 is 0 Å². The first kappa shape index (κ1) is 15.4. The molecule has 1 unspecified atom stereocenters. The second-order valence-electron chi connectivity index (χ2n) is 5.21. The van der Waals surface area contributed by atoms with Crippen molar-refractivity contribution in [3.05, 3.63) is 18.0 Å². The number of hydrogen-bond donors (Lipinski definition) is 0. The van der Waals surface area contributed by atoms with E-state index in [1.807, 2.05) is 6.07 Å². The lowest BCUT2D eigenvalue weighted by Crippen LogP contribution is -2.35. The van der Waals surface area contributed by atoms with Gasteiger partial charge in [0.1, 0.15) is 5.69 Å². The number of ether oxygens (including phenoxy) is 2. The number of pyridine rings is 1. The Morgan fingerprint density at radius 3 is 2.95 bits per heavy atom. The van der Waals surface area contributed by atoms with E-state index in [0.717, 1.165) is 49.1 Å². The number of methoxy groups -OCH3 is 2. The van der Waals surface area contributed by atoms with E-state index in [9.17, 15) is 0 Å². The van der Waals surface area contributed by atoms with Crippen molar-refractivity contribution >= 4 is 11.6 Å². The van der Waals surface area contributed by atoms with Gasteiger partial charge in [0.2, 0.25) is 0 Å². The normalized spacial score (nSPS) is 19.9. The minimum absolute atomic E-state index is 0.706. The number of nitrogens with zero attached hydrogens (tertiary/aromatic N) is 2. The second-order valence-corrected chi connectivity index (χ2v) is 5.59. The summed E-state index contributed by atoms with van der Waals surface area (Å²) in [5, 5.41) is 0. The Morgan fingerprint density at radius 2 is 2.25 bits per heavy atom. The third kappa shape index (κ3) is 3.76. The molecule has 0 spiro atoms. The van der Waals surface area contributed by atoms with Crippen LogP contribution in [0.3, 0.4) is 0 Å². The number of halogens is 1. The van der Waals surface area contributed by atoms with Crippen LogP contribution in [-0.2, 0) is 6.54 Å². The van der Waals surface area contributed by atoms with Crippen LogP contribution in [0.1, 0.15) is 25.0 Å². The van der Waals surface area contributed by atoms with E-state index in [1.54, 1.807) is 20.4 Å². The molecule has 0 bridgehead atoms. The molecule has 0 aliphatic carbocycles. The lowest BCUT2D eigenvalue weighted by atomic mass is 9.95. The summed E-state index contributed by atoms with van der Waals surface area (Å²) in [6, 6.07) is 1.83. The van der Waals surface area contributed by atoms with Crippen molar-refractivity contribution in [2.24, 2.45) is 5.92 Å².